The molecule has 1 saturated heterocycles. The third kappa shape index (κ3) is 21.9. The largest absolute Gasteiger partial charge is 0.394 e. The van der Waals surface area contributed by atoms with Gasteiger partial charge in [0.05, 0.1) is 25.4 Å². The second-order valence-electron chi connectivity index (χ2n) is 14.2. The molecule has 0 bridgehead atoms. The molecule has 10 heteroatoms. The molecule has 1 rings (SSSR count). The molecule has 0 aromatic heterocycles. The Morgan fingerprint density at radius 2 is 1.16 bits per heavy atom. The Morgan fingerprint density at radius 1 is 0.680 bits per heavy atom. The van der Waals surface area contributed by atoms with E-state index >= 15 is 0 Å². The topological polar surface area (TPSA) is 169 Å². The molecule has 0 aromatic rings. The monoisotopic (exact) mass is 714 g/mol. The zero-order chi connectivity index (χ0) is 36.8. The van der Waals surface area contributed by atoms with E-state index in [-0.39, 0.29) is 6.61 Å². The van der Waals surface area contributed by atoms with Crippen molar-refractivity contribution in [2.45, 2.75) is 210 Å². The smallest absolute Gasteiger partial charge is 0.249 e. The van der Waals surface area contributed by atoms with E-state index in [1.54, 1.807) is 6.08 Å². The first kappa shape index (κ1) is 46.7. The lowest BCUT2D eigenvalue weighted by atomic mass is 9.99. The van der Waals surface area contributed by atoms with Crippen molar-refractivity contribution in [1.29, 1.82) is 0 Å². The number of carbonyl (C=O) groups is 1. The summed E-state index contributed by atoms with van der Waals surface area (Å²) in [5.41, 5.74) is 0. The Hall–Kier alpha value is -1.37. The van der Waals surface area contributed by atoms with Gasteiger partial charge in [0.25, 0.3) is 0 Å². The Balaban J connectivity index is 2.53. The quantitative estimate of drug-likeness (QED) is 0.0320. The van der Waals surface area contributed by atoms with Gasteiger partial charge in [0.15, 0.2) is 6.29 Å². The van der Waals surface area contributed by atoms with Crippen LogP contribution in [0.2, 0.25) is 0 Å². The highest BCUT2D eigenvalue weighted by atomic mass is 16.7. The van der Waals surface area contributed by atoms with Gasteiger partial charge in [0, 0.05) is 0 Å². The van der Waals surface area contributed by atoms with Crippen molar-refractivity contribution in [3.63, 3.8) is 0 Å². The van der Waals surface area contributed by atoms with E-state index in [0.717, 1.165) is 64.2 Å². The first-order valence-electron chi connectivity index (χ1n) is 20.2. The summed E-state index contributed by atoms with van der Waals surface area (Å²) in [6.45, 7) is 3.54. The molecular weight excluding hydrogens is 638 g/mol. The van der Waals surface area contributed by atoms with Crippen LogP contribution in [0.15, 0.2) is 24.3 Å². The number of carbonyl (C=O) groups excluding carboxylic acids is 1. The number of rotatable bonds is 32. The van der Waals surface area contributed by atoms with Crippen LogP contribution in [-0.4, -0.2) is 98.7 Å². The fourth-order valence-corrected chi connectivity index (χ4v) is 6.21. The standard InChI is InChI=1S/C40H75NO9/c1-3-5-7-9-11-13-15-17-19-20-22-24-26-28-33(43)32(31-49-40-38(47)37(46)36(45)35(30-42)50-40)41-39(48)34(44)29-27-25-23-21-18-16-14-12-10-8-6-4-2/h13,15,26,28,32-38,40,42-47H,3-12,14,16-25,27,29-31H2,1-2H3,(H,41,48)/b15-13+,28-26+/t32-,33+,34+,35+,36+,37-,38+,40+/m0/s1. The van der Waals surface area contributed by atoms with E-state index in [1.165, 1.54) is 77.0 Å². The molecule has 1 aliphatic heterocycles. The minimum Gasteiger partial charge on any atom is -0.394 e. The summed E-state index contributed by atoms with van der Waals surface area (Å²) in [4.78, 5) is 12.9. The molecule has 294 valence electrons. The predicted octanol–water partition coefficient (Wildman–Crippen LogP) is 6.13. The van der Waals surface area contributed by atoms with Crippen molar-refractivity contribution in [1.82, 2.24) is 5.32 Å². The highest BCUT2D eigenvalue weighted by Gasteiger charge is 2.44. The van der Waals surface area contributed by atoms with Gasteiger partial charge in [-0.05, 0) is 44.9 Å². The van der Waals surface area contributed by atoms with Crippen molar-refractivity contribution < 1.29 is 44.9 Å². The van der Waals surface area contributed by atoms with Gasteiger partial charge >= 0.3 is 0 Å². The van der Waals surface area contributed by atoms with Crippen molar-refractivity contribution in [2.75, 3.05) is 13.2 Å². The molecular formula is C40H75NO9. The van der Waals surface area contributed by atoms with Crippen LogP contribution in [0.4, 0.5) is 0 Å². The summed E-state index contributed by atoms with van der Waals surface area (Å²) in [6, 6.07) is -0.981. The van der Waals surface area contributed by atoms with Crippen LogP contribution in [0.5, 0.6) is 0 Å². The number of allylic oxidation sites excluding steroid dienone is 3. The lowest BCUT2D eigenvalue weighted by Crippen LogP contribution is -2.60. The number of unbranched alkanes of at least 4 members (excludes halogenated alkanes) is 19. The van der Waals surface area contributed by atoms with Gasteiger partial charge < -0.3 is 45.4 Å². The van der Waals surface area contributed by atoms with Crippen molar-refractivity contribution in [3.8, 4) is 0 Å². The van der Waals surface area contributed by atoms with E-state index in [4.69, 9.17) is 9.47 Å². The third-order valence-electron chi connectivity index (χ3n) is 9.63. The molecule has 7 N–H and O–H groups in total. The number of amides is 1. The van der Waals surface area contributed by atoms with Crippen molar-refractivity contribution in [2.24, 2.45) is 0 Å². The van der Waals surface area contributed by atoms with Gasteiger partial charge in [0.2, 0.25) is 5.91 Å². The van der Waals surface area contributed by atoms with Gasteiger partial charge in [-0.1, -0.05) is 141 Å². The fourth-order valence-electron chi connectivity index (χ4n) is 6.21. The number of nitrogens with one attached hydrogen (secondary N) is 1. The van der Waals surface area contributed by atoms with Gasteiger partial charge in [-0.15, -0.1) is 0 Å². The molecule has 0 aliphatic carbocycles. The minimum atomic E-state index is -1.61. The Kier molecular flexibility index (Phi) is 29.1. The maximum atomic E-state index is 12.9. The van der Waals surface area contributed by atoms with Crippen LogP contribution in [0, 0.1) is 0 Å². The first-order chi connectivity index (χ1) is 24.3. The average Bonchev–Trinajstić information content (AvgIpc) is 3.11. The molecule has 0 spiro atoms. The number of ether oxygens (including phenoxy) is 2. The summed E-state index contributed by atoms with van der Waals surface area (Å²) in [6.07, 6.45) is 24.1. The van der Waals surface area contributed by atoms with Crippen LogP contribution < -0.4 is 5.32 Å². The molecule has 1 heterocycles. The van der Waals surface area contributed by atoms with E-state index < -0.39 is 61.5 Å². The van der Waals surface area contributed by atoms with E-state index in [0.29, 0.717) is 6.42 Å². The van der Waals surface area contributed by atoms with Crippen LogP contribution in [-0.2, 0) is 14.3 Å². The number of aliphatic hydroxyl groups excluding tert-OH is 6. The Morgan fingerprint density at radius 3 is 1.70 bits per heavy atom. The number of hydrogen-bond donors (Lipinski definition) is 7. The van der Waals surface area contributed by atoms with Crippen LogP contribution in [0.3, 0.4) is 0 Å². The SMILES string of the molecule is CCCCCC/C=C/CCCCC/C=C/[C@@H](O)[C@H](CO[C@@H]1O[C@H](CO)[C@@H](O)[C@H](O)[C@H]1O)NC(=O)[C@H](O)CCCCCCCCCCCCCC. The lowest BCUT2D eigenvalue weighted by molar-refractivity contribution is -0.302. The highest BCUT2D eigenvalue weighted by molar-refractivity contribution is 5.80. The first-order valence-corrected chi connectivity index (χ1v) is 20.2. The summed E-state index contributed by atoms with van der Waals surface area (Å²) in [5, 5.41) is 64.3. The van der Waals surface area contributed by atoms with E-state index in [9.17, 15) is 35.4 Å². The maximum absolute atomic E-state index is 12.9. The fraction of sp³-hybridized carbons (Fsp3) is 0.875. The van der Waals surface area contributed by atoms with Crippen molar-refractivity contribution >= 4 is 5.91 Å². The Bertz CT molecular complexity index is 855. The molecule has 50 heavy (non-hydrogen) atoms. The van der Waals surface area contributed by atoms with Gasteiger partial charge in [0.1, 0.15) is 30.5 Å². The third-order valence-corrected chi connectivity index (χ3v) is 9.63. The van der Waals surface area contributed by atoms with Gasteiger partial charge in [-0.25, -0.2) is 0 Å². The van der Waals surface area contributed by atoms with E-state index in [1.807, 2.05) is 6.08 Å². The van der Waals surface area contributed by atoms with Crippen LogP contribution in [0.25, 0.3) is 0 Å². The highest BCUT2D eigenvalue weighted by Crippen LogP contribution is 2.22. The second kappa shape index (κ2) is 31.2. The summed E-state index contributed by atoms with van der Waals surface area (Å²) < 4.78 is 11.1. The molecule has 8 atom stereocenters. The predicted molar refractivity (Wildman–Crippen MR) is 199 cm³/mol. The zero-order valence-corrected chi connectivity index (χ0v) is 31.5. The molecule has 10 nitrogen and oxygen atoms in total. The molecule has 0 saturated carbocycles. The number of hydrogen-bond acceptors (Lipinski definition) is 9. The lowest BCUT2D eigenvalue weighted by Gasteiger charge is -2.40. The van der Waals surface area contributed by atoms with Crippen LogP contribution >= 0.6 is 0 Å². The summed E-state index contributed by atoms with van der Waals surface area (Å²) in [7, 11) is 0. The molecule has 0 aromatic carbocycles. The van der Waals surface area contributed by atoms with E-state index in [2.05, 4.69) is 31.3 Å². The average molecular weight is 714 g/mol. The second-order valence-corrected chi connectivity index (χ2v) is 14.2. The number of aliphatic hydroxyl groups is 6. The molecule has 0 radical (unpaired) electrons. The molecule has 1 aliphatic rings. The maximum Gasteiger partial charge on any atom is 0.249 e. The van der Waals surface area contributed by atoms with Crippen molar-refractivity contribution in [3.05, 3.63) is 24.3 Å². The van der Waals surface area contributed by atoms with Gasteiger partial charge in [-0.2, -0.15) is 0 Å². The zero-order valence-electron chi connectivity index (χ0n) is 31.5. The normalized spacial score (nSPS) is 23.1. The van der Waals surface area contributed by atoms with Crippen LogP contribution in [0.1, 0.15) is 162 Å². The molecule has 0 unspecified atom stereocenters. The molecule has 1 amide bonds. The van der Waals surface area contributed by atoms with Gasteiger partial charge in [-0.3, -0.25) is 4.79 Å². The summed E-state index contributed by atoms with van der Waals surface area (Å²) in [5.74, 6) is -0.624. The summed E-state index contributed by atoms with van der Waals surface area (Å²) >= 11 is 0. The minimum absolute atomic E-state index is 0.309. The molecule has 1 fully saturated rings. The Labute approximate surface area is 303 Å².